The average Bonchev–Trinajstić information content (AvgIpc) is 2.84. The van der Waals surface area contributed by atoms with Crippen LogP contribution in [0.1, 0.15) is 11.4 Å². The van der Waals surface area contributed by atoms with Crippen LogP contribution in [0, 0.1) is 10.1 Å². The number of rotatable bonds is 5. The van der Waals surface area contributed by atoms with Crippen molar-refractivity contribution in [2.75, 3.05) is 0 Å². The Morgan fingerprint density at radius 1 is 1.39 bits per heavy atom. The molecule has 1 aromatic carbocycles. The summed E-state index contributed by atoms with van der Waals surface area (Å²) in [5.74, 6) is 0.937. The predicted octanol–water partition coefficient (Wildman–Crippen LogP) is 2.17. The van der Waals surface area contributed by atoms with Gasteiger partial charge in [-0.15, -0.1) is 11.6 Å². The van der Waals surface area contributed by atoms with Crippen LogP contribution >= 0.6 is 11.6 Å². The lowest BCUT2D eigenvalue weighted by Gasteiger charge is -2.04. The van der Waals surface area contributed by atoms with Gasteiger partial charge in [0.1, 0.15) is 12.2 Å². The Morgan fingerprint density at radius 3 is 2.89 bits per heavy atom. The van der Waals surface area contributed by atoms with Crippen molar-refractivity contribution >= 4 is 17.3 Å². The molecule has 2 aromatic rings. The van der Waals surface area contributed by atoms with E-state index >= 15 is 0 Å². The Hall–Kier alpha value is -1.95. The van der Waals surface area contributed by atoms with Crippen molar-refractivity contribution in [2.24, 2.45) is 0 Å². The van der Waals surface area contributed by atoms with Crippen molar-refractivity contribution < 1.29 is 4.92 Å². The van der Waals surface area contributed by atoms with Crippen LogP contribution in [0.25, 0.3) is 0 Å². The summed E-state index contributed by atoms with van der Waals surface area (Å²) in [7, 11) is 0. The van der Waals surface area contributed by atoms with Crippen molar-refractivity contribution in [3.8, 4) is 0 Å². The Balaban J connectivity index is 2.13. The molecule has 0 radical (unpaired) electrons. The third kappa shape index (κ3) is 2.65. The predicted molar refractivity (Wildman–Crippen MR) is 66.4 cm³/mol. The van der Waals surface area contributed by atoms with E-state index in [0.29, 0.717) is 24.4 Å². The van der Waals surface area contributed by atoms with Gasteiger partial charge in [-0.25, -0.2) is 9.67 Å². The van der Waals surface area contributed by atoms with Gasteiger partial charge < -0.3 is 0 Å². The number of benzene rings is 1. The molecule has 2 rings (SSSR count). The average molecular weight is 267 g/mol. The van der Waals surface area contributed by atoms with Crippen molar-refractivity contribution in [1.29, 1.82) is 0 Å². The standard InChI is InChI=1S/C11H11ClN4O2/c12-7-11-13-8-14-15(11)6-5-9-3-1-2-4-10(9)16(17)18/h1-4,8H,5-7H2. The van der Waals surface area contributed by atoms with E-state index in [4.69, 9.17) is 11.6 Å². The van der Waals surface area contributed by atoms with Crippen molar-refractivity contribution in [3.05, 3.63) is 52.1 Å². The van der Waals surface area contributed by atoms with Crippen LogP contribution in [0.15, 0.2) is 30.6 Å². The number of alkyl halides is 1. The number of para-hydroxylation sites is 1. The first kappa shape index (κ1) is 12.5. The Labute approximate surface area is 108 Å². The number of nitrogens with zero attached hydrogens (tertiary/aromatic N) is 4. The molecule has 18 heavy (non-hydrogen) atoms. The van der Waals surface area contributed by atoms with Gasteiger partial charge in [-0.2, -0.15) is 5.10 Å². The van der Waals surface area contributed by atoms with Crippen LogP contribution in [-0.2, 0) is 18.8 Å². The van der Waals surface area contributed by atoms with Crippen LogP contribution in [0.5, 0.6) is 0 Å². The molecule has 1 aromatic heterocycles. The number of nitro groups is 1. The van der Waals surface area contributed by atoms with Crippen LogP contribution < -0.4 is 0 Å². The molecule has 0 aliphatic rings. The SMILES string of the molecule is O=[N+]([O-])c1ccccc1CCn1ncnc1CCl. The molecule has 0 spiro atoms. The summed E-state index contributed by atoms with van der Waals surface area (Å²) in [5, 5.41) is 14.9. The molecule has 1 heterocycles. The Bertz CT molecular complexity index is 555. The second-order valence-corrected chi connectivity index (χ2v) is 3.94. The fraction of sp³-hybridized carbons (Fsp3) is 0.273. The normalized spacial score (nSPS) is 10.5. The first-order valence-electron chi connectivity index (χ1n) is 5.37. The van der Waals surface area contributed by atoms with Gasteiger partial charge in [-0.05, 0) is 6.42 Å². The summed E-state index contributed by atoms with van der Waals surface area (Å²) in [6.45, 7) is 0.521. The van der Waals surface area contributed by atoms with Gasteiger partial charge in [-0.3, -0.25) is 10.1 Å². The first-order chi connectivity index (χ1) is 8.72. The van der Waals surface area contributed by atoms with E-state index in [2.05, 4.69) is 10.1 Å². The third-order valence-electron chi connectivity index (χ3n) is 2.60. The second kappa shape index (κ2) is 5.59. The zero-order chi connectivity index (χ0) is 13.0. The molecule has 0 aliphatic carbocycles. The molecule has 6 nitrogen and oxygen atoms in total. The van der Waals surface area contributed by atoms with E-state index in [-0.39, 0.29) is 16.5 Å². The van der Waals surface area contributed by atoms with Gasteiger partial charge in [0.15, 0.2) is 0 Å². The fourth-order valence-electron chi connectivity index (χ4n) is 1.71. The second-order valence-electron chi connectivity index (χ2n) is 3.67. The van der Waals surface area contributed by atoms with E-state index in [1.54, 1.807) is 22.9 Å². The monoisotopic (exact) mass is 266 g/mol. The highest BCUT2D eigenvalue weighted by molar-refractivity contribution is 6.16. The van der Waals surface area contributed by atoms with E-state index in [9.17, 15) is 10.1 Å². The molecule has 0 unspecified atom stereocenters. The van der Waals surface area contributed by atoms with Gasteiger partial charge in [0.2, 0.25) is 0 Å². The molecule has 94 valence electrons. The minimum absolute atomic E-state index is 0.130. The van der Waals surface area contributed by atoms with Crippen molar-refractivity contribution in [2.45, 2.75) is 18.8 Å². The van der Waals surface area contributed by atoms with E-state index in [0.717, 1.165) is 0 Å². The first-order valence-corrected chi connectivity index (χ1v) is 5.90. The minimum atomic E-state index is -0.376. The molecule has 0 saturated carbocycles. The summed E-state index contributed by atoms with van der Waals surface area (Å²) < 4.78 is 1.66. The smallest absolute Gasteiger partial charge is 0.258 e. The van der Waals surface area contributed by atoms with Crippen molar-refractivity contribution in [1.82, 2.24) is 14.8 Å². The lowest BCUT2D eigenvalue weighted by molar-refractivity contribution is -0.385. The molecular weight excluding hydrogens is 256 g/mol. The maximum Gasteiger partial charge on any atom is 0.272 e. The maximum absolute atomic E-state index is 10.9. The zero-order valence-electron chi connectivity index (χ0n) is 9.49. The fourth-order valence-corrected chi connectivity index (χ4v) is 1.91. The summed E-state index contributed by atoms with van der Waals surface area (Å²) >= 11 is 5.71. The van der Waals surface area contributed by atoms with Gasteiger partial charge in [0.25, 0.3) is 5.69 Å². The molecule has 0 aliphatic heterocycles. The number of hydrogen-bond donors (Lipinski definition) is 0. The highest BCUT2D eigenvalue weighted by Crippen LogP contribution is 2.18. The molecule has 0 fully saturated rings. The van der Waals surface area contributed by atoms with Crippen LogP contribution in [0.4, 0.5) is 5.69 Å². The van der Waals surface area contributed by atoms with Crippen LogP contribution in [0.2, 0.25) is 0 Å². The zero-order valence-corrected chi connectivity index (χ0v) is 10.2. The lowest BCUT2D eigenvalue weighted by atomic mass is 10.1. The minimum Gasteiger partial charge on any atom is -0.258 e. The molecular formula is C11H11ClN4O2. The highest BCUT2D eigenvalue weighted by atomic mass is 35.5. The van der Waals surface area contributed by atoms with Crippen LogP contribution in [0.3, 0.4) is 0 Å². The van der Waals surface area contributed by atoms with Gasteiger partial charge >= 0.3 is 0 Å². The number of halogens is 1. The number of hydrogen-bond acceptors (Lipinski definition) is 4. The molecule has 0 saturated heterocycles. The number of aromatic nitrogens is 3. The molecule has 0 atom stereocenters. The quantitative estimate of drug-likeness (QED) is 0.472. The highest BCUT2D eigenvalue weighted by Gasteiger charge is 2.12. The molecule has 7 heteroatoms. The van der Waals surface area contributed by atoms with Crippen LogP contribution in [-0.4, -0.2) is 19.7 Å². The Kier molecular flexibility index (Phi) is 3.88. The van der Waals surface area contributed by atoms with Gasteiger partial charge in [0.05, 0.1) is 10.8 Å². The van der Waals surface area contributed by atoms with E-state index in [1.165, 1.54) is 12.4 Å². The van der Waals surface area contributed by atoms with E-state index < -0.39 is 0 Å². The maximum atomic E-state index is 10.9. The lowest BCUT2D eigenvalue weighted by Crippen LogP contribution is -2.08. The summed E-state index contributed by atoms with van der Waals surface area (Å²) in [6, 6.07) is 6.68. The molecule has 0 bridgehead atoms. The van der Waals surface area contributed by atoms with Gasteiger partial charge in [0, 0.05) is 18.2 Å². The summed E-state index contributed by atoms with van der Waals surface area (Å²) in [6.07, 6.45) is 1.95. The van der Waals surface area contributed by atoms with Gasteiger partial charge in [-0.1, -0.05) is 18.2 Å². The van der Waals surface area contributed by atoms with E-state index in [1.807, 2.05) is 0 Å². The molecule has 0 N–H and O–H groups in total. The molecule has 0 amide bonds. The number of aryl methyl sites for hydroxylation is 2. The topological polar surface area (TPSA) is 73.8 Å². The summed E-state index contributed by atoms with van der Waals surface area (Å²) in [4.78, 5) is 14.5. The third-order valence-corrected chi connectivity index (χ3v) is 2.84. The Morgan fingerprint density at radius 2 is 2.17 bits per heavy atom. The summed E-state index contributed by atoms with van der Waals surface area (Å²) in [5.41, 5.74) is 0.809. The largest absolute Gasteiger partial charge is 0.272 e. The number of nitro benzene ring substituents is 1. The van der Waals surface area contributed by atoms with Crippen molar-refractivity contribution in [3.63, 3.8) is 0 Å².